The van der Waals surface area contributed by atoms with Crippen molar-refractivity contribution < 1.29 is 14.3 Å². The van der Waals surface area contributed by atoms with Crippen molar-refractivity contribution in [1.29, 1.82) is 0 Å². The minimum absolute atomic E-state index is 0. The number of ether oxygens (including phenoxy) is 1. The quantitative estimate of drug-likeness (QED) is 0.730. The highest BCUT2D eigenvalue weighted by atomic mass is 35.5. The lowest BCUT2D eigenvalue weighted by atomic mass is 10.2. The maximum absolute atomic E-state index is 12.3. The zero-order chi connectivity index (χ0) is 16.8. The molecule has 0 saturated carbocycles. The lowest BCUT2D eigenvalue weighted by molar-refractivity contribution is -0.137. The summed E-state index contributed by atoms with van der Waals surface area (Å²) in [5.41, 5.74) is 0. The van der Waals surface area contributed by atoms with Gasteiger partial charge in [-0.05, 0) is 17.5 Å². The Balaban J connectivity index is 0.00000225. The van der Waals surface area contributed by atoms with E-state index >= 15 is 0 Å². The predicted molar refractivity (Wildman–Crippen MR) is 101 cm³/mol. The van der Waals surface area contributed by atoms with Gasteiger partial charge in [-0.1, -0.05) is 6.07 Å². The molecule has 25 heavy (non-hydrogen) atoms. The number of halogens is 1. The van der Waals surface area contributed by atoms with Gasteiger partial charge in [0.25, 0.3) is 0 Å². The Morgan fingerprint density at radius 3 is 2.44 bits per heavy atom. The molecule has 0 atom stereocenters. The van der Waals surface area contributed by atoms with Crippen LogP contribution < -0.4 is 0 Å². The third-order valence-corrected chi connectivity index (χ3v) is 5.18. The van der Waals surface area contributed by atoms with Crippen LogP contribution in [0.25, 0.3) is 6.08 Å². The number of thiophene rings is 1. The van der Waals surface area contributed by atoms with Crippen LogP contribution in [0.2, 0.25) is 0 Å². The number of nitrogens with zero attached hydrogens (tertiary/aromatic N) is 3. The van der Waals surface area contributed by atoms with Crippen molar-refractivity contribution in [3.63, 3.8) is 0 Å². The fraction of sp³-hybridized carbons (Fsp3) is 0.529. The molecule has 0 bridgehead atoms. The van der Waals surface area contributed by atoms with Gasteiger partial charge in [-0.25, -0.2) is 0 Å². The lowest BCUT2D eigenvalue weighted by Crippen LogP contribution is -2.52. The van der Waals surface area contributed by atoms with E-state index in [1.54, 1.807) is 17.4 Å². The van der Waals surface area contributed by atoms with Crippen molar-refractivity contribution in [3.05, 3.63) is 28.5 Å². The highest BCUT2D eigenvalue weighted by Crippen LogP contribution is 2.11. The van der Waals surface area contributed by atoms with Crippen molar-refractivity contribution in [2.45, 2.75) is 0 Å². The largest absolute Gasteiger partial charge is 0.378 e. The summed E-state index contributed by atoms with van der Waals surface area (Å²) < 4.78 is 5.27. The zero-order valence-corrected chi connectivity index (χ0v) is 15.8. The summed E-state index contributed by atoms with van der Waals surface area (Å²) in [6.45, 7) is 5.90. The fourth-order valence-electron chi connectivity index (χ4n) is 2.88. The molecule has 138 valence electrons. The Morgan fingerprint density at radius 2 is 1.80 bits per heavy atom. The average molecular weight is 386 g/mol. The summed E-state index contributed by atoms with van der Waals surface area (Å²) in [4.78, 5) is 31.4. The molecule has 2 fully saturated rings. The van der Waals surface area contributed by atoms with Gasteiger partial charge in [-0.2, -0.15) is 0 Å². The molecule has 0 spiro atoms. The molecule has 8 heteroatoms. The summed E-state index contributed by atoms with van der Waals surface area (Å²) in [5, 5.41) is 1.99. The van der Waals surface area contributed by atoms with Gasteiger partial charge < -0.3 is 14.5 Å². The van der Waals surface area contributed by atoms with E-state index in [1.165, 1.54) is 0 Å². The second-order valence-electron chi connectivity index (χ2n) is 5.94. The zero-order valence-electron chi connectivity index (χ0n) is 14.1. The number of piperazine rings is 1. The van der Waals surface area contributed by atoms with Gasteiger partial charge in [0.1, 0.15) is 0 Å². The molecule has 6 nitrogen and oxygen atoms in total. The minimum atomic E-state index is 0. The van der Waals surface area contributed by atoms with Crippen LogP contribution in [0.5, 0.6) is 0 Å². The van der Waals surface area contributed by atoms with E-state index in [9.17, 15) is 9.59 Å². The molecule has 3 heterocycles. The molecule has 2 saturated heterocycles. The van der Waals surface area contributed by atoms with E-state index in [-0.39, 0.29) is 24.2 Å². The fourth-order valence-corrected chi connectivity index (χ4v) is 3.49. The van der Waals surface area contributed by atoms with Crippen molar-refractivity contribution in [2.24, 2.45) is 0 Å². The lowest BCUT2D eigenvalue weighted by Gasteiger charge is -2.35. The van der Waals surface area contributed by atoms with E-state index in [0.29, 0.717) is 45.9 Å². The second kappa shape index (κ2) is 9.91. The minimum Gasteiger partial charge on any atom is -0.378 e. The highest BCUT2D eigenvalue weighted by Gasteiger charge is 2.24. The maximum atomic E-state index is 12.3. The van der Waals surface area contributed by atoms with Crippen LogP contribution in [-0.2, 0) is 14.3 Å². The first kappa shape index (κ1) is 19.9. The van der Waals surface area contributed by atoms with Crippen LogP contribution >= 0.6 is 23.7 Å². The van der Waals surface area contributed by atoms with E-state index in [4.69, 9.17) is 4.74 Å². The Morgan fingerprint density at radius 1 is 1.08 bits per heavy atom. The monoisotopic (exact) mass is 385 g/mol. The van der Waals surface area contributed by atoms with E-state index < -0.39 is 0 Å². The van der Waals surface area contributed by atoms with Crippen molar-refractivity contribution in [2.75, 3.05) is 59.0 Å². The van der Waals surface area contributed by atoms with Gasteiger partial charge in [-0.15, -0.1) is 23.7 Å². The van der Waals surface area contributed by atoms with Gasteiger partial charge in [0.2, 0.25) is 11.8 Å². The number of carbonyl (C=O) groups is 2. The molecule has 0 radical (unpaired) electrons. The number of morpholine rings is 1. The van der Waals surface area contributed by atoms with Crippen LogP contribution in [0.15, 0.2) is 23.6 Å². The van der Waals surface area contributed by atoms with Gasteiger partial charge in [0.15, 0.2) is 0 Å². The van der Waals surface area contributed by atoms with E-state index in [1.807, 2.05) is 33.4 Å². The van der Waals surface area contributed by atoms with Crippen molar-refractivity contribution >= 4 is 41.6 Å². The molecule has 2 aliphatic heterocycles. The first-order valence-corrected chi connectivity index (χ1v) is 9.19. The molecule has 0 aromatic carbocycles. The average Bonchev–Trinajstić information content (AvgIpc) is 3.14. The van der Waals surface area contributed by atoms with Crippen LogP contribution in [0.3, 0.4) is 0 Å². The van der Waals surface area contributed by atoms with Gasteiger partial charge in [0.05, 0.1) is 19.8 Å². The molecule has 2 aliphatic rings. The second-order valence-corrected chi connectivity index (χ2v) is 6.92. The Hall–Kier alpha value is -1.41. The summed E-state index contributed by atoms with van der Waals surface area (Å²) in [6.07, 6.45) is 3.50. The number of hydrogen-bond donors (Lipinski definition) is 0. The summed E-state index contributed by atoms with van der Waals surface area (Å²) in [7, 11) is 0. The predicted octanol–water partition coefficient (Wildman–Crippen LogP) is 1.19. The van der Waals surface area contributed by atoms with E-state index in [2.05, 4.69) is 4.90 Å². The van der Waals surface area contributed by atoms with Gasteiger partial charge in [-0.3, -0.25) is 14.5 Å². The topological polar surface area (TPSA) is 53.1 Å². The molecule has 0 aliphatic carbocycles. The smallest absolute Gasteiger partial charge is 0.246 e. The van der Waals surface area contributed by atoms with Crippen LogP contribution in [0.1, 0.15) is 4.88 Å². The molecular weight excluding hydrogens is 362 g/mol. The standard InChI is InChI=1S/C17H23N3O3S.ClH/c21-16(4-3-15-2-1-13-24-15)19-7-5-18(6-8-19)14-17(22)20-9-11-23-12-10-20;/h1-4,13H,5-12,14H2;1H. The molecule has 0 N–H and O–H groups in total. The number of amides is 2. The molecule has 0 unspecified atom stereocenters. The number of carbonyl (C=O) groups excluding carboxylic acids is 2. The molecule has 1 aromatic rings. The summed E-state index contributed by atoms with van der Waals surface area (Å²) >= 11 is 1.62. The molecule has 2 amide bonds. The Kier molecular flexibility index (Phi) is 7.90. The third kappa shape index (κ3) is 5.81. The van der Waals surface area contributed by atoms with Crippen LogP contribution in [0.4, 0.5) is 0 Å². The number of rotatable bonds is 4. The first-order chi connectivity index (χ1) is 11.7. The highest BCUT2D eigenvalue weighted by molar-refractivity contribution is 7.10. The molecule has 1 aromatic heterocycles. The van der Waals surface area contributed by atoms with E-state index in [0.717, 1.165) is 18.0 Å². The maximum Gasteiger partial charge on any atom is 0.246 e. The van der Waals surface area contributed by atoms with Crippen molar-refractivity contribution in [1.82, 2.24) is 14.7 Å². The molecular formula is C17H24ClN3O3S. The van der Waals surface area contributed by atoms with Crippen LogP contribution in [-0.4, -0.2) is 85.5 Å². The van der Waals surface area contributed by atoms with Crippen LogP contribution in [0, 0.1) is 0 Å². The SMILES string of the molecule is Cl.O=C(C=Cc1cccs1)N1CCN(CC(=O)N2CCOCC2)CC1. The normalized spacial score (nSPS) is 19.0. The van der Waals surface area contributed by atoms with Crippen molar-refractivity contribution in [3.8, 4) is 0 Å². The summed E-state index contributed by atoms with van der Waals surface area (Å²) in [5.74, 6) is 0.207. The number of hydrogen-bond acceptors (Lipinski definition) is 5. The summed E-state index contributed by atoms with van der Waals surface area (Å²) in [6, 6.07) is 3.96. The van der Waals surface area contributed by atoms with Gasteiger partial charge in [0, 0.05) is 50.2 Å². The van der Waals surface area contributed by atoms with Gasteiger partial charge >= 0.3 is 0 Å². The Bertz CT molecular complexity index is 580. The Labute approximate surface area is 158 Å². The molecule has 3 rings (SSSR count). The third-order valence-electron chi connectivity index (χ3n) is 4.34. The first-order valence-electron chi connectivity index (χ1n) is 8.31.